The molecule has 102 valence electrons. The summed E-state index contributed by atoms with van der Waals surface area (Å²) in [4.78, 5) is 0. The maximum absolute atomic E-state index is 12.5. The second-order valence-electron chi connectivity index (χ2n) is 3.89. The van der Waals surface area contributed by atoms with Crippen LogP contribution in [0.5, 0.6) is 5.75 Å². The van der Waals surface area contributed by atoms with Crippen molar-refractivity contribution in [3.05, 3.63) is 53.5 Å². The summed E-state index contributed by atoms with van der Waals surface area (Å²) < 4.78 is 47.9. The van der Waals surface area contributed by atoms with Gasteiger partial charge in [0.05, 0.1) is 18.4 Å². The predicted octanol–water partition coefficient (Wildman–Crippen LogP) is 3.34. The van der Waals surface area contributed by atoms with Gasteiger partial charge in [-0.15, -0.1) is 0 Å². The molecule has 1 aromatic carbocycles. The Hall–Kier alpha value is -1.95. The molecule has 0 fully saturated rings. The lowest BCUT2D eigenvalue weighted by Gasteiger charge is -2.10. The van der Waals surface area contributed by atoms with Gasteiger partial charge in [-0.25, -0.2) is 0 Å². The summed E-state index contributed by atoms with van der Waals surface area (Å²) in [5.41, 5.74) is 5.43. The van der Waals surface area contributed by atoms with Crippen molar-refractivity contribution in [2.45, 2.75) is 19.3 Å². The number of hydrogen-bond acceptors (Lipinski definition) is 3. The van der Waals surface area contributed by atoms with E-state index in [0.717, 1.165) is 17.7 Å². The number of alkyl halides is 3. The van der Waals surface area contributed by atoms with Gasteiger partial charge in [0.25, 0.3) is 0 Å². The van der Waals surface area contributed by atoms with Crippen LogP contribution in [-0.2, 0) is 19.3 Å². The lowest BCUT2D eigenvalue weighted by Crippen LogP contribution is -2.06. The highest BCUT2D eigenvalue weighted by atomic mass is 19.4. The topological polar surface area (TPSA) is 48.4 Å². The predicted molar refractivity (Wildman–Crippen MR) is 62.4 cm³/mol. The van der Waals surface area contributed by atoms with E-state index in [0.29, 0.717) is 5.76 Å². The minimum atomic E-state index is -4.38. The number of nitrogens with two attached hydrogens (primary N) is 1. The first-order chi connectivity index (χ1) is 9.00. The molecule has 0 spiro atoms. The first kappa shape index (κ1) is 13.5. The SMILES string of the molecule is NCc1occc1COc1cccc(C(F)(F)F)c1. The molecule has 0 amide bonds. The summed E-state index contributed by atoms with van der Waals surface area (Å²) in [6.45, 7) is 0.332. The quantitative estimate of drug-likeness (QED) is 0.927. The van der Waals surface area contributed by atoms with E-state index in [1.807, 2.05) is 0 Å². The van der Waals surface area contributed by atoms with Gasteiger partial charge in [-0.1, -0.05) is 6.07 Å². The highest BCUT2D eigenvalue weighted by molar-refractivity contribution is 5.30. The largest absolute Gasteiger partial charge is 0.489 e. The van der Waals surface area contributed by atoms with Crippen molar-refractivity contribution in [1.82, 2.24) is 0 Å². The van der Waals surface area contributed by atoms with Gasteiger partial charge in [-0.2, -0.15) is 13.2 Å². The third-order valence-electron chi connectivity index (χ3n) is 2.58. The van der Waals surface area contributed by atoms with Crippen LogP contribution in [0, 0.1) is 0 Å². The Morgan fingerprint density at radius 3 is 2.68 bits per heavy atom. The van der Waals surface area contributed by atoms with Gasteiger partial charge in [-0.05, 0) is 24.3 Å². The molecule has 3 nitrogen and oxygen atoms in total. The zero-order valence-corrected chi connectivity index (χ0v) is 9.91. The Morgan fingerprint density at radius 2 is 2.00 bits per heavy atom. The van der Waals surface area contributed by atoms with Gasteiger partial charge in [-0.3, -0.25) is 0 Å². The van der Waals surface area contributed by atoms with Crippen molar-refractivity contribution in [1.29, 1.82) is 0 Å². The molecule has 1 heterocycles. The maximum Gasteiger partial charge on any atom is 0.416 e. The van der Waals surface area contributed by atoms with E-state index in [1.165, 1.54) is 18.4 Å². The van der Waals surface area contributed by atoms with Crippen molar-refractivity contribution in [2.24, 2.45) is 5.73 Å². The number of halogens is 3. The summed E-state index contributed by atoms with van der Waals surface area (Å²) in [5, 5.41) is 0. The van der Waals surface area contributed by atoms with Gasteiger partial charge < -0.3 is 14.9 Å². The number of furan rings is 1. The first-order valence-corrected chi connectivity index (χ1v) is 5.56. The third-order valence-corrected chi connectivity index (χ3v) is 2.58. The van der Waals surface area contributed by atoms with Crippen molar-refractivity contribution in [3.63, 3.8) is 0 Å². The minimum Gasteiger partial charge on any atom is -0.489 e. The van der Waals surface area contributed by atoms with Gasteiger partial charge in [0.1, 0.15) is 18.1 Å². The lowest BCUT2D eigenvalue weighted by atomic mass is 10.2. The summed E-state index contributed by atoms with van der Waals surface area (Å²) in [5.74, 6) is 0.714. The molecule has 0 aliphatic rings. The zero-order chi connectivity index (χ0) is 13.9. The molecule has 19 heavy (non-hydrogen) atoms. The van der Waals surface area contributed by atoms with Crippen molar-refractivity contribution < 1.29 is 22.3 Å². The minimum absolute atomic E-state index is 0.115. The normalized spacial score (nSPS) is 11.6. The Kier molecular flexibility index (Phi) is 3.80. The van der Waals surface area contributed by atoms with Crippen molar-refractivity contribution >= 4 is 0 Å². The highest BCUT2D eigenvalue weighted by Crippen LogP contribution is 2.31. The molecule has 0 radical (unpaired) electrons. The summed E-state index contributed by atoms with van der Waals surface area (Å²) in [6.07, 6.45) is -2.91. The Balaban J connectivity index is 2.08. The molecule has 6 heteroatoms. The van der Waals surface area contributed by atoms with Gasteiger partial charge >= 0.3 is 6.18 Å². The summed E-state index contributed by atoms with van der Waals surface area (Å²) in [7, 11) is 0. The molecule has 2 aromatic rings. The van der Waals surface area contributed by atoms with Crippen LogP contribution in [0.15, 0.2) is 41.0 Å². The van der Waals surface area contributed by atoms with Crippen molar-refractivity contribution in [2.75, 3.05) is 0 Å². The van der Waals surface area contributed by atoms with E-state index >= 15 is 0 Å². The molecule has 0 bridgehead atoms. The molecule has 0 atom stereocenters. The third kappa shape index (κ3) is 3.29. The number of ether oxygens (including phenoxy) is 1. The van der Waals surface area contributed by atoms with Crippen LogP contribution in [0.4, 0.5) is 13.2 Å². The molecule has 0 saturated carbocycles. The number of benzene rings is 1. The van der Waals surface area contributed by atoms with E-state index < -0.39 is 11.7 Å². The van der Waals surface area contributed by atoms with Crippen LogP contribution in [0.1, 0.15) is 16.9 Å². The average molecular weight is 271 g/mol. The molecule has 2 rings (SSSR count). The Morgan fingerprint density at radius 1 is 1.21 bits per heavy atom. The number of rotatable bonds is 4. The zero-order valence-electron chi connectivity index (χ0n) is 9.91. The fraction of sp³-hybridized carbons (Fsp3) is 0.231. The van der Waals surface area contributed by atoms with Crippen LogP contribution in [0.3, 0.4) is 0 Å². The molecule has 0 saturated heterocycles. The molecular weight excluding hydrogens is 259 g/mol. The maximum atomic E-state index is 12.5. The molecular formula is C13H12F3NO2. The monoisotopic (exact) mass is 271 g/mol. The molecule has 0 unspecified atom stereocenters. The van der Waals surface area contributed by atoms with Gasteiger partial charge in [0.2, 0.25) is 0 Å². The summed E-state index contributed by atoms with van der Waals surface area (Å²) in [6, 6.07) is 6.41. The van der Waals surface area contributed by atoms with Crippen LogP contribution >= 0.6 is 0 Å². The Labute approximate surface area is 107 Å². The van der Waals surface area contributed by atoms with E-state index in [-0.39, 0.29) is 18.9 Å². The smallest absolute Gasteiger partial charge is 0.416 e. The Bertz CT molecular complexity index is 549. The molecule has 1 aromatic heterocycles. The van der Waals surface area contributed by atoms with Crippen molar-refractivity contribution in [3.8, 4) is 5.75 Å². The van der Waals surface area contributed by atoms with E-state index in [4.69, 9.17) is 14.9 Å². The van der Waals surface area contributed by atoms with E-state index in [1.54, 1.807) is 6.07 Å². The molecule has 2 N–H and O–H groups in total. The van der Waals surface area contributed by atoms with Crippen LogP contribution in [-0.4, -0.2) is 0 Å². The summed E-state index contributed by atoms with van der Waals surface area (Å²) >= 11 is 0. The number of hydrogen-bond donors (Lipinski definition) is 1. The fourth-order valence-corrected chi connectivity index (χ4v) is 1.60. The average Bonchev–Trinajstić information content (AvgIpc) is 2.83. The van der Waals surface area contributed by atoms with Gasteiger partial charge in [0.15, 0.2) is 0 Å². The van der Waals surface area contributed by atoms with Crippen LogP contribution < -0.4 is 10.5 Å². The van der Waals surface area contributed by atoms with E-state index in [9.17, 15) is 13.2 Å². The fourth-order valence-electron chi connectivity index (χ4n) is 1.60. The first-order valence-electron chi connectivity index (χ1n) is 5.56. The highest BCUT2D eigenvalue weighted by Gasteiger charge is 2.30. The van der Waals surface area contributed by atoms with Crippen LogP contribution in [0.2, 0.25) is 0 Å². The molecule has 0 aliphatic heterocycles. The lowest BCUT2D eigenvalue weighted by molar-refractivity contribution is -0.137. The van der Waals surface area contributed by atoms with Gasteiger partial charge in [0, 0.05) is 5.56 Å². The molecule has 0 aliphatic carbocycles. The standard InChI is InChI=1S/C13H12F3NO2/c14-13(15,16)10-2-1-3-11(6-10)19-8-9-4-5-18-12(9)7-17/h1-6H,7-8,17H2. The second kappa shape index (κ2) is 5.36. The van der Waals surface area contributed by atoms with Crippen LogP contribution in [0.25, 0.3) is 0 Å². The van der Waals surface area contributed by atoms with E-state index in [2.05, 4.69) is 0 Å². The second-order valence-corrected chi connectivity index (χ2v) is 3.89.